The second kappa shape index (κ2) is 3.24. The third-order valence-corrected chi connectivity index (χ3v) is 2.63. The van der Waals surface area contributed by atoms with Crippen LogP contribution < -0.4 is 0 Å². The second-order valence-electron chi connectivity index (χ2n) is 3.85. The molecule has 0 bridgehead atoms. The molecule has 0 saturated carbocycles. The van der Waals surface area contributed by atoms with Gasteiger partial charge in [-0.1, -0.05) is 26.0 Å². The van der Waals surface area contributed by atoms with Crippen molar-refractivity contribution >= 4 is 23.3 Å². The number of aryl methyl sites for hydroxylation is 1. The van der Waals surface area contributed by atoms with Crippen molar-refractivity contribution in [1.82, 2.24) is 4.98 Å². The minimum absolute atomic E-state index is 0.451. The summed E-state index contributed by atoms with van der Waals surface area (Å²) in [5, 5.41) is 0. The maximum atomic E-state index is 5.50. The van der Waals surface area contributed by atoms with Crippen LogP contribution in [0.5, 0.6) is 0 Å². The Morgan fingerprint density at radius 1 is 1.36 bits per heavy atom. The molecule has 14 heavy (non-hydrogen) atoms. The number of hydrogen-bond acceptors (Lipinski definition) is 2. The normalized spacial score (nSPS) is 11.4. The SMILES string of the molecule is Cc1ccc(C(C)C)c2oc(=S)[nH]c12. The molecular formula is C11H13NOS. The molecule has 0 aliphatic heterocycles. The molecule has 0 spiro atoms. The number of aromatic nitrogens is 1. The molecule has 2 aromatic rings. The monoisotopic (exact) mass is 207 g/mol. The largest absolute Gasteiger partial charge is 0.429 e. The minimum Gasteiger partial charge on any atom is -0.429 e. The van der Waals surface area contributed by atoms with Gasteiger partial charge in [-0.05, 0) is 36.2 Å². The zero-order chi connectivity index (χ0) is 10.3. The van der Waals surface area contributed by atoms with Gasteiger partial charge in [-0.25, -0.2) is 0 Å². The lowest BCUT2D eigenvalue weighted by Gasteiger charge is -2.05. The summed E-state index contributed by atoms with van der Waals surface area (Å²) in [7, 11) is 0. The van der Waals surface area contributed by atoms with E-state index in [-0.39, 0.29) is 0 Å². The molecule has 0 amide bonds. The zero-order valence-electron chi connectivity index (χ0n) is 8.55. The summed E-state index contributed by atoms with van der Waals surface area (Å²) in [5.74, 6) is 0.451. The van der Waals surface area contributed by atoms with Crippen LogP contribution in [0.2, 0.25) is 0 Å². The summed E-state index contributed by atoms with van der Waals surface area (Å²) in [6.07, 6.45) is 0. The number of rotatable bonds is 1. The molecule has 2 rings (SSSR count). The topological polar surface area (TPSA) is 28.9 Å². The molecule has 0 atom stereocenters. The number of aromatic amines is 1. The minimum atomic E-state index is 0.451. The molecular weight excluding hydrogens is 194 g/mol. The molecule has 1 N–H and O–H groups in total. The first-order valence-corrected chi connectivity index (χ1v) is 5.12. The van der Waals surface area contributed by atoms with Gasteiger partial charge in [-0.3, -0.25) is 0 Å². The number of benzene rings is 1. The molecule has 0 saturated heterocycles. The Morgan fingerprint density at radius 2 is 2.07 bits per heavy atom. The van der Waals surface area contributed by atoms with Crippen molar-refractivity contribution in [2.45, 2.75) is 26.7 Å². The highest BCUT2D eigenvalue weighted by atomic mass is 32.1. The van der Waals surface area contributed by atoms with Crippen LogP contribution in [-0.2, 0) is 0 Å². The van der Waals surface area contributed by atoms with E-state index in [4.69, 9.17) is 16.6 Å². The van der Waals surface area contributed by atoms with Crippen LogP contribution in [0.3, 0.4) is 0 Å². The van der Waals surface area contributed by atoms with Gasteiger partial charge in [0.1, 0.15) is 0 Å². The smallest absolute Gasteiger partial charge is 0.266 e. The fraction of sp³-hybridized carbons (Fsp3) is 0.364. The van der Waals surface area contributed by atoms with Gasteiger partial charge < -0.3 is 9.40 Å². The van der Waals surface area contributed by atoms with E-state index < -0.39 is 0 Å². The van der Waals surface area contributed by atoms with Crippen molar-refractivity contribution in [2.24, 2.45) is 0 Å². The molecule has 0 aliphatic rings. The Kier molecular flexibility index (Phi) is 2.19. The number of hydrogen-bond donors (Lipinski definition) is 1. The predicted molar refractivity (Wildman–Crippen MR) is 60.2 cm³/mol. The number of nitrogens with one attached hydrogen (secondary N) is 1. The van der Waals surface area contributed by atoms with Crippen molar-refractivity contribution in [3.05, 3.63) is 28.1 Å². The second-order valence-corrected chi connectivity index (χ2v) is 4.22. The van der Waals surface area contributed by atoms with Crippen LogP contribution in [0.15, 0.2) is 16.5 Å². The fourth-order valence-corrected chi connectivity index (χ4v) is 1.82. The van der Waals surface area contributed by atoms with Gasteiger partial charge in [0.05, 0.1) is 5.52 Å². The van der Waals surface area contributed by atoms with Crippen LogP contribution in [0.1, 0.15) is 30.9 Å². The molecule has 0 aliphatic carbocycles. The van der Waals surface area contributed by atoms with Crippen molar-refractivity contribution in [3.63, 3.8) is 0 Å². The molecule has 0 radical (unpaired) electrons. The first-order chi connectivity index (χ1) is 6.59. The van der Waals surface area contributed by atoms with Crippen LogP contribution in [0.25, 0.3) is 11.1 Å². The zero-order valence-corrected chi connectivity index (χ0v) is 9.37. The molecule has 2 nitrogen and oxygen atoms in total. The molecule has 0 unspecified atom stereocenters. The lowest BCUT2D eigenvalue weighted by molar-refractivity contribution is 0.576. The Bertz CT molecular complexity index is 522. The van der Waals surface area contributed by atoms with Gasteiger partial charge in [-0.15, -0.1) is 0 Å². The Hall–Kier alpha value is -1.09. The fourth-order valence-electron chi connectivity index (χ4n) is 1.64. The van der Waals surface area contributed by atoms with Crippen molar-refractivity contribution < 1.29 is 4.42 Å². The quantitative estimate of drug-likeness (QED) is 0.718. The van der Waals surface area contributed by atoms with E-state index in [0.717, 1.165) is 11.1 Å². The summed E-state index contributed by atoms with van der Waals surface area (Å²) >= 11 is 5.00. The van der Waals surface area contributed by atoms with E-state index in [9.17, 15) is 0 Å². The summed E-state index contributed by atoms with van der Waals surface area (Å²) in [6.45, 7) is 6.35. The van der Waals surface area contributed by atoms with Gasteiger partial charge >= 0.3 is 0 Å². The van der Waals surface area contributed by atoms with Gasteiger partial charge in [0, 0.05) is 0 Å². The lowest BCUT2D eigenvalue weighted by atomic mass is 10.0. The van der Waals surface area contributed by atoms with Gasteiger partial charge in [0.2, 0.25) is 0 Å². The Morgan fingerprint density at radius 3 is 2.71 bits per heavy atom. The molecule has 1 aromatic heterocycles. The Balaban J connectivity index is 2.87. The van der Waals surface area contributed by atoms with Crippen molar-refractivity contribution in [2.75, 3.05) is 0 Å². The van der Waals surface area contributed by atoms with Gasteiger partial charge in [0.15, 0.2) is 5.58 Å². The third kappa shape index (κ3) is 1.38. The molecule has 74 valence electrons. The van der Waals surface area contributed by atoms with E-state index in [1.54, 1.807) is 0 Å². The lowest BCUT2D eigenvalue weighted by Crippen LogP contribution is -1.89. The maximum Gasteiger partial charge on any atom is 0.266 e. The summed E-state index contributed by atoms with van der Waals surface area (Å²) in [6, 6.07) is 4.20. The van der Waals surface area contributed by atoms with E-state index >= 15 is 0 Å². The molecule has 1 aromatic carbocycles. The summed E-state index contributed by atoms with van der Waals surface area (Å²) in [4.78, 5) is 3.52. The molecule has 0 fully saturated rings. The highest BCUT2D eigenvalue weighted by molar-refractivity contribution is 7.71. The summed E-state index contributed by atoms with van der Waals surface area (Å²) in [5.41, 5.74) is 4.31. The standard InChI is InChI=1S/C11H13NOS/c1-6(2)8-5-4-7(3)9-10(8)13-11(14)12-9/h4-6H,1-3H3,(H,12,14). The molecule has 3 heteroatoms. The average molecular weight is 207 g/mol. The predicted octanol–water partition coefficient (Wildman–Crippen LogP) is 3.92. The number of oxazole rings is 1. The van der Waals surface area contributed by atoms with Crippen molar-refractivity contribution in [1.29, 1.82) is 0 Å². The Labute approximate surface area is 87.9 Å². The van der Waals surface area contributed by atoms with E-state index in [0.29, 0.717) is 10.8 Å². The maximum absolute atomic E-state index is 5.50. The third-order valence-electron chi connectivity index (χ3n) is 2.44. The van der Waals surface area contributed by atoms with Crippen LogP contribution in [-0.4, -0.2) is 4.98 Å². The van der Waals surface area contributed by atoms with Gasteiger partial charge in [-0.2, -0.15) is 0 Å². The number of fused-ring (bicyclic) bond motifs is 1. The summed E-state index contributed by atoms with van der Waals surface area (Å²) < 4.78 is 5.50. The first kappa shape index (κ1) is 9.46. The van der Waals surface area contributed by atoms with Crippen molar-refractivity contribution in [3.8, 4) is 0 Å². The van der Waals surface area contributed by atoms with E-state index in [1.807, 2.05) is 6.92 Å². The average Bonchev–Trinajstić information content (AvgIpc) is 2.47. The van der Waals surface area contributed by atoms with E-state index in [1.165, 1.54) is 11.1 Å². The van der Waals surface area contributed by atoms with Crippen LogP contribution in [0, 0.1) is 11.8 Å². The first-order valence-electron chi connectivity index (χ1n) is 4.72. The van der Waals surface area contributed by atoms with E-state index in [2.05, 4.69) is 31.0 Å². The highest BCUT2D eigenvalue weighted by Crippen LogP contribution is 2.27. The van der Waals surface area contributed by atoms with Gasteiger partial charge in [0.25, 0.3) is 4.84 Å². The molecule has 1 heterocycles. The highest BCUT2D eigenvalue weighted by Gasteiger charge is 2.10. The van der Waals surface area contributed by atoms with Crippen LogP contribution in [0.4, 0.5) is 0 Å². The number of H-pyrrole nitrogens is 1. The van der Waals surface area contributed by atoms with Crippen LogP contribution >= 0.6 is 12.2 Å².